The predicted octanol–water partition coefficient (Wildman–Crippen LogP) is 0.813. The van der Waals surface area contributed by atoms with E-state index in [-0.39, 0.29) is 16.8 Å². The molecule has 2 rings (SSSR count). The number of nitrogens with zero attached hydrogens (tertiary/aromatic N) is 2. The fraction of sp³-hybridized carbons (Fsp3) is 0.727. The quantitative estimate of drug-likeness (QED) is 0.833. The van der Waals surface area contributed by atoms with Crippen molar-refractivity contribution in [3.8, 4) is 0 Å². The van der Waals surface area contributed by atoms with Crippen molar-refractivity contribution < 1.29 is 13.2 Å². The zero-order chi connectivity index (χ0) is 14.9. The third-order valence-electron chi connectivity index (χ3n) is 3.47. The third kappa shape index (κ3) is 2.90. The van der Waals surface area contributed by atoms with Gasteiger partial charge >= 0.3 is 0 Å². The summed E-state index contributed by atoms with van der Waals surface area (Å²) in [5.41, 5.74) is 5.71. The zero-order valence-corrected chi connectivity index (χ0v) is 13.4. The summed E-state index contributed by atoms with van der Waals surface area (Å²) in [6.07, 6.45) is 1.15. The van der Waals surface area contributed by atoms with Crippen LogP contribution in [0.15, 0.2) is 4.90 Å². The van der Waals surface area contributed by atoms with E-state index in [0.29, 0.717) is 17.5 Å². The molecule has 0 amide bonds. The number of nitrogens with one attached hydrogen (secondary N) is 1. The van der Waals surface area contributed by atoms with Crippen LogP contribution >= 0.6 is 11.5 Å². The number of anilines is 2. The number of hydrogen-bond donors (Lipinski definition) is 2. The van der Waals surface area contributed by atoms with Gasteiger partial charge in [-0.2, -0.15) is 4.37 Å². The lowest BCUT2D eigenvalue weighted by Gasteiger charge is -2.16. The molecule has 2 heterocycles. The molecule has 1 aliphatic heterocycles. The fourth-order valence-corrected chi connectivity index (χ4v) is 4.19. The molecule has 114 valence electrons. The Bertz CT molecular complexity index is 570. The van der Waals surface area contributed by atoms with Gasteiger partial charge in [0.1, 0.15) is 5.00 Å². The Balaban J connectivity index is 2.17. The molecule has 0 aliphatic carbocycles. The van der Waals surface area contributed by atoms with Crippen LogP contribution in [0.4, 0.5) is 10.8 Å². The number of hydrogen-bond acceptors (Lipinski definition) is 7. The third-order valence-corrected chi connectivity index (χ3v) is 6.31. The summed E-state index contributed by atoms with van der Waals surface area (Å²) in [6.45, 7) is 3.43. The second-order valence-corrected chi connectivity index (χ2v) is 7.88. The van der Waals surface area contributed by atoms with E-state index in [1.807, 2.05) is 6.92 Å². The van der Waals surface area contributed by atoms with E-state index in [2.05, 4.69) is 9.69 Å². The summed E-state index contributed by atoms with van der Waals surface area (Å²) in [4.78, 5) is 0.0686. The molecular formula is C11H20N4O3S2. The molecule has 0 bridgehead atoms. The Morgan fingerprint density at radius 2 is 2.25 bits per heavy atom. The fourth-order valence-electron chi connectivity index (χ4n) is 2.11. The number of sulfonamides is 1. The van der Waals surface area contributed by atoms with Crippen molar-refractivity contribution in [2.24, 2.45) is 5.92 Å². The minimum Gasteiger partial charge on any atom is -0.382 e. The molecule has 9 heteroatoms. The van der Waals surface area contributed by atoms with Gasteiger partial charge in [-0.05, 0) is 24.9 Å². The summed E-state index contributed by atoms with van der Waals surface area (Å²) < 4.78 is 35.1. The summed E-state index contributed by atoms with van der Waals surface area (Å²) in [7, 11) is -0.641. The molecule has 2 atom stereocenters. The van der Waals surface area contributed by atoms with Crippen LogP contribution in [0.5, 0.6) is 0 Å². The monoisotopic (exact) mass is 320 g/mol. The number of nitrogens with two attached hydrogens (primary N) is 1. The topological polar surface area (TPSA) is 97.5 Å². The van der Waals surface area contributed by atoms with Crippen LogP contribution in [-0.2, 0) is 14.8 Å². The van der Waals surface area contributed by atoms with Gasteiger partial charge in [-0.3, -0.25) is 0 Å². The van der Waals surface area contributed by atoms with Crippen molar-refractivity contribution in [2.45, 2.75) is 24.3 Å². The minimum atomic E-state index is -3.59. The highest BCUT2D eigenvalue weighted by atomic mass is 32.2. The lowest BCUT2D eigenvalue weighted by atomic mass is 10.0. The van der Waals surface area contributed by atoms with Crippen LogP contribution in [0, 0.1) is 5.92 Å². The zero-order valence-electron chi connectivity index (χ0n) is 11.8. The van der Waals surface area contributed by atoms with Crippen LogP contribution in [0.25, 0.3) is 0 Å². The van der Waals surface area contributed by atoms with Crippen molar-refractivity contribution in [1.82, 2.24) is 8.68 Å². The van der Waals surface area contributed by atoms with E-state index in [4.69, 9.17) is 10.5 Å². The van der Waals surface area contributed by atoms with Crippen LogP contribution in [0.2, 0.25) is 0 Å². The first kappa shape index (κ1) is 15.5. The van der Waals surface area contributed by atoms with Gasteiger partial charge in [0.15, 0.2) is 10.7 Å². The molecule has 1 aromatic heterocycles. The highest BCUT2D eigenvalue weighted by molar-refractivity contribution is 7.89. The first-order chi connectivity index (χ1) is 9.34. The molecule has 3 N–H and O–H groups in total. The number of nitrogen functional groups attached to an aromatic ring is 1. The van der Waals surface area contributed by atoms with Crippen LogP contribution in [-0.4, -0.2) is 50.4 Å². The van der Waals surface area contributed by atoms with Gasteiger partial charge in [0, 0.05) is 33.2 Å². The molecule has 20 heavy (non-hydrogen) atoms. The standard InChI is InChI=1S/C11H20N4O3S2/c1-7-8(4-5-18-7)6-13-11-9(10(12)14-19-11)20(16,17)15(2)3/h7-8,13H,4-6H2,1-3H3,(H2,12,14). The van der Waals surface area contributed by atoms with Crippen molar-refractivity contribution in [3.63, 3.8) is 0 Å². The maximum absolute atomic E-state index is 12.2. The molecular weight excluding hydrogens is 300 g/mol. The lowest BCUT2D eigenvalue weighted by molar-refractivity contribution is 0.108. The average Bonchev–Trinajstić information content (AvgIpc) is 2.93. The van der Waals surface area contributed by atoms with Crippen LogP contribution < -0.4 is 11.1 Å². The Morgan fingerprint density at radius 3 is 2.80 bits per heavy atom. The normalized spacial score (nSPS) is 23.4. The summed E-state index contributed by atoms with van der Waals surface area (Å²) in [6, 6.07) is 0. The summed E-state index contributed by atoms with van der Waals surface area (Å²) in [5.74, 6) is 0.412. The second kappa shape index (κ2) is 5.84. The number of aromatic nitrogens is 1. The van der Waals surface area contributed by atoms with Crippen molar-refractivity contribution >= 4 is 32.4 Å². The molecule has 1 saturated heterocycles. The number of ether oxygens (including phenoxy) is 1. The summed E-state index contributed by atoms with van der Waals surface area (Å²) >= 11 is 1.07. The lowest BCUT2D eigenvalue weighted by Crippen LogP contribution is -2.25. The molecule has 1 fully saturated rings. The SMILES string of the molecule is CC1OCCC1CNc1snc(N)c1S(=O)(=O)N(C)C. The Labute approximate surface area is 123 Å². The predicted molar refractivity (Wildman–Crippen MR) is 79.4 cm³/mol. The van der Waals surface area contributed by atoms with Gasteiger partial charge < -0.3 is 15.8 Å². The molecule has 1 aromatic rings. The van der Waals surface area contributed by atoms with E-state index in [1.54, 1.807) is 0 Å². The van der Waals surface area contributed by atoms with E-state index in [1.165, 1.54) is 14.1 Å². The van der Waals surface area contributed by atoms with E-state index in [0.717, 1.165) is 28.9 Å². The van der Waals surface area contributed by atoms with Crippen LogP contribution in [0.3, 0.4) is 0 Å². The second-order valence-electron chi connectivity index (χ2n) is 5.02. The molecule has 0 radical (unpaired) electrons. The van der Waals surface area contributed by atoms with Gasteiger partial charge in [-0.15, -0.1) is 0 Å². The Hall–Kier alpha value is -0.900. The highest BCUT2D eigenvalue weighted by Crippen LogP contribution is 2.33. The van der Waals surface area contributed by atoms with E-state index < -0.39 is 10.0 Å². The largest absolute Gasteiger partial charge is 0.382 e. The Kier molecular flexibility index (Phi) is 4.52. The minimum absolute atomic E-state index is 0.0434. The Morgan fingerprint density at radius 1 is 1.55 bits per heavy atom. The molecule has 2 unspecified atom stereocenters. The van der Waals surface area contributed by atoms with Crippen molar-refractivity contribution in [1.29, 1.82) is 0 Å². The molecule has 0 spiro atoms. The van der Waals surface area contributed by atoms with Crippen molar-refractivity contribution in [3.05, 3.63) is 0 Å². The maximum atomic E-state index is 12.2. The molecule has 0 saturated carbocycles. The van der Waals surface area contributed by atoms with Crippen LogP contribution in [0.1, 0.15) is 13.3 Å². The van der Waals surface area contributed by atoms with E-state index >= 15 is 0 Å². The van der Waals surface area contributed by atoms with Gasteiger partial charge in [-0.25, -0.2) is 12.7 Å². The van der Waals surface area contributed by atoms with Gasteiger partial charge in [-0.1, -0.05) is 0 Å². The molecule has 1 aliphatic rings. The summed E-state index contributed by atoms with van der Waals surface area (Å²) in [5, 5.41) is 3.65. The van der Waals surface area contributed by atoms with Gasteiger partial charge in [0.25, 0.3) is 0 Å². The maximum Gasteiger partial charge on any atom is 0.249 e. The highest BCUT2D eigenvalue weighted by Gasteiger charge is 2.29. The molecule has 0 aromatic carbocycles. The average molecular weight is 320 g/mol. The van der Waals surface area contributed by atoms with Gasteiger partial charge in [0.2, 0.25) is 10.0 Å². The molecule has 7 nitrogen and oxygen atoms in total. The van der Waals surface area contributed by atoms with Gasteiger partial charge in [0.05, 0.1) is 6.10 Å². The smallest absolute Gasteiger partial charge is 0.249 e. The first-order valence-corrected chi connectivity index (χ1v) is 8.58. The van der Waals surface area contributed by atoms with Crippen molar-refractivity contribution in [2.75, 3.05) is 38.3 Å². The number of rotatable bonds is 5. The van der Waals surface area contributed by atoms with E-state index in [9.17, 15) is 8.42 Å². The first-order valence-electron chi connectivity index (χ1n) is 6.37.